The van der Waals surface area contributed by atoms with Crippen LogP contribution in [0.2, 0.25) is 15.1 Å². The number of halogens is 3. The summed E-state index contributed by atoms with van der Waals surface area (Å²) in [5.41, 5.74) is 1.46. The third-order valence-electron chi connectivity index (χ3n) is 6.25. The first-order valence-corrected chi connectivity index (χ1v) is 15.3. The van der Waals surface area contributed by atoms with Crippen molar-refractivity contribution in [3.05, 3.63) is 86.9 Å². The van der Waals surface area contributed by atoms with Crippen molar-refractivity contribution in [1.82, 2.24) is 10.2 Å². The van der Waals surface area contributed by atoms with Gasteiger partial charge >= 0.3 is 0 Å². The largest absolute Gasteiger partial charge is 0.495 e. The molecular formula is C29H32Cl3N3O5S. The van der Waals surface area contributed by atoms with E-state index in [1.165, 1.54) is 42.3 Å². The summed E-state index contributed by atoms with van der Waals surface area (Å²) in [7, 11) is -2.91. The molecule has 220 valence electrons. The number of benzene rings is 3. The second kappa shape index (κ2) is 13.8. The van der Waals surface area contributed by atoms with Crippen LogP contribution in [-0.2, 0) is 26.2 Å². The Kier molecular flexibility index (Phi) is 10.9. The van der Waals surface area contributed by atoms with Gasteiger partial charge in [-0.3, -0.25) is 13.9 Å². The SMILES string of the molecule is COc1ccc(Cl)cc1N(CC(=O)N(Cc1ccc(Cl)cc1Cl)C(C)C(=O)NC(C)C)S(=O)(=O)c1ccc(C)cc1. The van der Waals surface area contributed by atoms with Crippen molar-refractivity contribution in [3.8, 4) is 5.75 Å². The maximum absolute atomic E-state index is 14.1. The molecule has 3 rings (SSSR count). The first-order valence-electron chi connectivity index (χ1n) is 12.7. The molecule has 0 aliphatic rings. The number of nitrogens with zero attached hydrogens (tertiary/aromatic N) is 2. The normalized spacial score (nSPS) is 12.1. The van der Waals surface area contributed by atoms with Gasteiger partial charge in [-0.15, -0.1) is 0 Å². The topological polar surface area (TPSA) is 96.0 Å². The molecule has 1 unspecified atom stereocenters. The van der Waals surface area contributed by atoms with Gasteiger partial charge in [-0.1, -0.05) is 58.6 Å². The van der Waals surface area contributed by atoms with Gasteiger partial charge in [0.05, 0.1) is 17.7 Å². The van der Waals surface area contributed by atoms with Gasteiger partial charge in [0.25, 0.3) is 10.0 Å². The number of carbonyl (C=O) groups is 2. The number of methoxy groups -OCH3 is 1. The summed E-state index contributed by atoms with van der Waals surface area (Å²) in [6.07, 6.45) is 0. The lowest BCUT2D eigenvalue weighted by Crippen LogP contribution is -2.52. The molecule has 0 radical (unpaired) electrons. The Hall–Kier alpha value is -2.98. The molecule has 41 heavy (non-hydrogen) atoms. The van der Waals surface area contributed by atoms with Gasteiger partial charge in [0.1, 0.15) is 18.3 Å². The van der Waals surface area contributed by atoms with Crippen LogP contribution in [0, 0.1) is 6.92 Å². The highest BCUT2D eigenvalue weighted by Crippen LogP contribution is 2.35. The molecule has 0 aliphatic heterocycles. The molecule has 0 heterocycles. The van der Waals surface area contributed by atoms with Gasteiger partial charge in [0, 0.05) is 27.7 Å². The Labute approximate surface area is 256 Å². The lowest BCUT2D eigenvalue weighted by molar-refractivity contribution is -0.139. The predicted octanol–water partition coefficient (Wildman–Crippen LogP) is 6.10. The van der Waals surface area contributed by atoms with Gasteiger partial charge in [0.2, 0.25) is 11.8 Å². The second-order valence-corrected chi connectivity index (χ2v) is 12.9. The molecule has 0 aromatic heterocycles. The number of sulfonamides is 1. The zero-order chi connectivity index (χ0) is 30.5. The molecule has 8 nitrogen and oxygen atoms in total. The Morgan fingerprint density at radius 1 is 0.927 bits per heavy atom. The first-order chi connectivity index (χ1) is 19.2. The molecule has 12 heteroatoms. The molecular weight excluding hydrogens is 609 g/mol. The lowest BCUT2D eigenvalue weighted by Gasteiger charge is -2.33. The van der Waals surface area contributed by atoms with Crippen molar-refractivity contribution < 1.29 is 22.7 Å². The Morgan fingerprint density at radius 2 is 1.54 bits per heavy atom. The van der Waals surface area contributed by atoms with E-state index in [0.717, 1.165) is 9.87 Å². The van der Waals surface area contributed by atoms with E-state index in [1.54, 1.807) is 51.1 Å². The van der Waals surface area contributed by atoms with Gasteiger partial charge in [-0.2, -0.15) is 0 Å². The first kappa shape index (κ1) is 32.5. The van der Waals surface area contributed by atoms with E-state index in [1.807, 2.05) is 6.92 Å². The molecule has 0 bridgehead atoms. The minimum Gasteiger partial charge on any atom is -0.495 e. The van der Waals surface area contributed by atoms with E-state index in [2.05, 4.69) is 5.32 Å². The average Bonchev–Trinajstić information content (AvgIpc) is 2.90. The summed E-state index contributed by atoms with van der Waals surface area (Å²) in [6.45, 7) is 6.27. The molecule has 1 atom stereocenters. The highest BCUT2D eigenvalue weighted by molar-refractivity contribution is 7.92. The minimum absolute atomic E-state index is 0.0316. The summed E-state index contributed by atoms with van der Waals surface area (Å²) in [5, 5.41) is 3.75. The summed E-state index contributed by atoms with van der Waals surface area (Å²) < 4.78 is 34.4. The number of amides is 2. The van der Waals surface area contributed by atoms with Crippen LogP contribution in [0.15, 0.2) is 65.6 Å². The van der Waals surface area contributed by atoms with Crippen LogP contribution in [0.5, 0.6) is 5.75 Å². The molecule has 3 aromatic rings. The van der Waals surface area contributed by atoms with Crippen molar-refractivity contribution in [3.63, 3.8) is 0 Å². The van der Waals surface area contributed by atoms with Crippen molar-refractivity contribution >= 4 is 62.3 Å². The third-order valence-corrected chi connectivity index (χ3v) is 8.85. The number of nitrogens with one attached hydrogen (secondary N) is 1. The Balaban J connectivity index is 2.12. The average molecular weight is 641 g/mol. The van der Waals surface area contributed by atoms with Gasteiger partial charge in [-0.25, -0.2) is 8.42 Å². The number of anilines is 1. The van der Waals surface area contributed by atoms with Crippen LogP contribution in [0.3, 0.4) is 0 Å². The number of hydrogen-bond donors (Lipinski definition) is 1. The fourth-order valence-electron chi connectivity index (χ4n) is 4.03. The number of aryl methyl sites for hydroxylation is 1. The second-order valence-electron chi connectivity index (χ2n) is 9.74. The molecule has 3 aromatic carbocycles. The quantitative estimate of drug-likeness (QED) is 0.273. The molecule has 0 fully saturated rings. The van der Waals surface area contributed by atoms with Crippen LogP contribution in [0.25, 0.3) is 0 Å². The number of rotatable bonds is 11. The fourth-order valence-corrected chi connectivity index (χ4v) is 6.08. The number of ether oxygens (including phenoxy) is 1. The molecule has 0 aliphatic carbocycles. The zero-order valence-corrected chi connectivity index (χ0v) is 26.4. The van der Waals surface area contributed by atoms with Gasteiger partial charge in [0.15, 0.2) is 0 Å². The molecule has 2 amide bonds. The van der Waals surface area contributed by atoms with E-state index in [0.29, 0.717) is 15.6 Å². The van der Waals surface area contributed by atoms with Crippen molar-refractivity contribution in [2.75, 3.05) is 18.0 Å². The summed E-state index contributed by atoms with van der Waals surface area (Å²) >= 11 is 18.7. The summed E-state index contributed by atoms with van der Waals surface area (Å²) in [4.78, 5) is 28.4. The van der Waals surface area contributed by atoms with Crippen LogP contribution >= 0.6 is 34.8 Å². The molecule has 0 spiro atoms. The monoisotopic (exact) mass is 639 g/mol. The minimum atomic E-state index is -4.30. The molecule has 1 N–H and O–H groups in total. The maximum Gasteiger partial charge on any atom is 0.264 e. The lowest BCUT2D eigenvalue weighted by atomic mass is 10.1. The van der Waals surface area contributed by atoms with E-state index in [4.69, 9.17) is 39.5 Å². The third kappa shape index (κ3) is 8.07. The zero-order valence-electron chi connectivity index (χ0n) is 23.3. The smallest absolute Gasteiger partial charge is 0.264 e. The van der Waals surface area contributed by atoms with Crippen molar-refractivity contribution in [2.45, 2.75) is 51.2 Å². The highest BCUT2D eigenvalue weighted by atomic mass is 35.5. The van der Waals surface area contributed by atoms with Crippen LogP contribution in [0.1, 0.15) is 31.9 Å². The number of carbonyl (C=O) groups excluding carboxylic acids is 2. The Morgan fingerprint density at radius 3 is 2.12 bits per heavy atom. The van der Waals surface area contributed by atoms with E-state index in [-0.39, 0.29) is 33.9 Å². The van der Waals surface area contributed by atoms with E-state index >= 15 is 0 Å². The molecule has 0 saturated heterocycles. The van der Waals surface area contributed by atoms with Crippen molar-refractivity contribution in [2.24, 2.45) is 0 Å². The van der Waals surface area contributed by atoms with Gasteiger partial charge < -0.3 is 15.0 Å². The van der Waals surface area contributed by atoms with E-state index < -0.39 is 34.4 Å². The van der Waals surface area contributed by atoms with Crippen LogP contribution in [-0.4, -0.2) is 50.9 Å². The maximum atomic E-state index is 14.1. The summed E-state index contributed by atoms with van der Waals surface area (Å²) in [6, 6.07) is 14.4. The predicted molar refractivity (Wildman–Crippen MR) is 163 cm³/mol. The van der Waals surface area contributed by atoms with E-state index in [9.17, 15) is 18.0 Å². The standard InChI is InChI=1S/C29H32Cl3N3O5S/c1-18(2)33-29(37)20(4)34(16-21-8-9-22(30)14-25(21)32)28(36)17-35(26-15-23(31)10-13-27(26)40-5)41(38,39)24-11-6-19(3)7-12-24/h6-15,18,20H,16-17H2,1-5H3,(H,33,37). The van der Waals surface area contributed by atoms with Crippen molar-refractivity contribution in [1.29, 1.82) is 0 Å². The van der Waals surface area contributed by atoms with Crippen LogP contribution in [0.4, 0.5) is 5.69 Å². The fraction of sp³-hybridized carbons (Fsp3) is 0.310. The summed E-state index contributed by atoms with van der Waals surface area (Å²) in [5.74, 6) is -0.873. The van der Waals surface area contributed by atoms with Crippen LogP contribution < -0.4 is 14.4 Å². The molecule has 0 saturated carbocycles. The number of hydrogen-bond acceptors (Lipinski definition) is 5. The Bertz CT molecular complexity index is 1510. The highest BCUT2D eigenvalue weighted by Gasteiger charge is 2.34. The van der Waals surface area contributed by atoms with Gasteiger partial charge in [-0.05, 0) is 75.7 Å².